The lowest BCUT2D eigenvalue weighted by Gasteiger charge is -2.32. The molecule has 1 atom stereocenters. The maximum atomic E-state index is 6.10. The van der Waals surface area contributed by atoms with Crippen molar-refractivity contribution >= 4 is 12.6 Å². The Hall–Kier alpha value is -1.63. The second kappa shape index (κ2) is 5.97. The van der Waals surface area contributed by atoms with E-state index in [1.54, 1.807) is 6.20 Å². The summed E-state index contributed by atoms with van der Waals surface area (Å²) in [5, 5.41) is 3.41. The van der Waals surface area contributed by atoms with E-state index in [2.05, 4.69) is 38.0 Å². The standard InChI is InChI=1S/C19H25BN2O3/c1-18(2)19(3,4)25-20(24-18)14-9-7-13(8-10-14)16-12-22-17(23-16)15-6-5-11-21-15/h7-10,12,15,21H,5-6,11H2,1-4H3. The Labute approximate surface area is 149 Å². The summed E-state index contributed by atoms with van der Waals surface area (Å²) < 4.78 is 18.2. The number of rotatable bonds is 3. The summed E-state index contributed by atoms with van der Waals surface area (Å²) in [6, 6.07) is 8.39. The first-order valence-corrected chi connectivity index (χ1v) is 9.01. The minimum atomic E-state index is -0.341. The molecule has 2 aliphatic rings. The molecule has 1 unspecified atom stereocenters. The van der Waals surface area contributed by atoms with Crippen molar-refractivity contribution in [2.75, 3.05) is 6.54 Å². The molecule has 0 saturated carbocycles. The summed E-state index contributed by atoms with van der Waals surface area (Å²) in [7, 11) is -0.341. The van der Waals surface area contributed by atoms with Crippen LogP contribution in [0.1, 0.15) is 52.5 Å². The van der Waals surface area contributed by atoms with Crippen molar-refractivity contribution in [1.82, 2.24) is 10.3 Å². The Morgan fingerprint density at radius 3 is 2.36 bits per heavy atom. The number of nitrogens with one attached hydrogen (secondary N) is 1. The van der Waals surface area contributed by atoms with Gasteiger partial charge in [-0.3, -0.25) is 0 Å². The van der Waals surface area contributed by atoms with Crippen LogP contribution < -0.4 is 10.8 Å². The van der Waals surface area contributed by atoms with Crippen LogP contribution in [0.15, 0.2) is 34.9 Å². The highest BCUT2D eigenvalue weighted by molar-refractivity contribution is 6.62. The fourth-order valence-electron chi connectivity index (χ4n) is 3.26. The molecule has 132 valence electrons. The van der Waals surface area contributed by atoms with Gasteiger partial charge < -0.3 is 19.0 Å². The second-order valence-electron chi connectivity index (χ2n) is 7.92. The van der Waals surface area contributed by atoms with Gasteiger partial charge in [0.25, 0.3) is 0 Å². The highest BCUT2D eigenvalue weighted by atomic mass is 16.7. The lowest BCUT2D eigenvalue weighted by molar-refractivity contribution is 0.00578. The minimum Gasteiger partial charge on any atom is -0.439 e. The van der Waals surface area contributed by atoms with E-state index in [0.29, 0.717) is 0 Å². The van der Waals surface area contributed by atoms with Gasteiger partial charge in [0.2, 0.25) is 5.89 Å². The average Bonchev–Trinajstić information content (AvgIpc) is 3.28. The zero-order valence-corrected chi connectivity index (χ0v) is 15.3. The lowest BCUT2D eigenvalue weighted by atomic mass is 9.79. The van der Waals surface area contributed by atoms with Gasteiger partial charge >= 0.3 is 7.12 Å². The Bertz CT molecular complexity index is 732. The Balaban J connectivity index is 1.51. The molecular formula is C19H25BN2O3. The summed E-state index contributed by atoms with van der Waals surface area (Å²) >= 11 is 0. The quantitative estimate of drug-likeness (QED) is 0.871. The zero-order valence-electron chi connectivity index (χ0n) is 15.3. The molecule has 0 radical (unpaired) electrons. The van der Waals surface area contributed by atoms with E-state index in [4.69, 9.17) is 13.7 Å². The molecule has 2 aliphatic heterocycles. The highest BCUT2D eigenvalue weighted by Gasteiger charge is 2.51. The summed E-state index contributed by atoms with van der Waals surface area (Å²) in [6.07, 6.45) is 4.06. The van der Waals surface area contributed by atoms with Crippen LogP contribution in [0.5, 0.6) is 0 Å². The third kappa shape index (κ3) is 3.03. The van der Waals surface area contributed by atoms with Crippen molar-refractivity contribution in [3.8, 4) is 11.3 Å². The summed E-state index contributed by atoms with van der Waals surface area (Å²) in [5.74, 6) is 1.58. The second-order valence-corrected chi connectivity index (χ2v) is 7.92. The first-order chi connectivity index (χ1) is 11.9. The van der Waals surface area contributed by atoms with Crippen LogP contribution in [0, 0.1) is 0 Å². The largest absolute Gasteiger partial charge is 0.494 e. The van der Waals surface area contributed by atoms with Crippen molar-refractivity contribution in [2.45, 2.75) is 57.8 Å². The number of oxazole rings is 1. The van der Waals surface area contributed by atoms with Gasteiger partial charge in [-0.05, 0) is 52.5 Å². The highest BCUT2D eigenvalue weighted by Crippen LogP contribution is 2.36. The lowest BCUT2D eigenvalue weighted by Crippen LogP contribution is -2.41. The van der Waals surface area contributed by atoms with Crippen LogP contribution in [0.2, 0.25) is 0 Å². The molecule has 1 N–H and O–H groups in total. The van der Waals surface area contributed by atoms with Gasteiger partial charge in [0.05, 0.1) is 23.4 Å². The normalized spacial score (nSPS) is 24.8. The predicted molar refractivity (Wildman–Crippen MR) is 97.6 cm³/mol. The van der Waals surface area contributed by atoms with Crippen LogP contribution in [0.4, 0.5) is 0 Å². The first-order valence-electron chi connectivity index (χ1n) is 9.01. The van der Waals surface area contributed by atoms with E-state index in [1.807, 2.05) is 24.3 Å². The van der Waals surface area contributed by atoms with Gasteiger partial charge in [-0.25, -0.2) is 4.98 Å². The van der Waals surface area contributed by atoms with E-state index >= 15 is 0 Å². The van der Waals surface area contributed by atoms with Crippen LogP contribution >= 0.6 is 0 Å². The molecule has 2 fully saturated rings. The molecule has 3 heterocycles. The van der Waals surface area contributed by atoms with Gasteiger partial charge in [0.1, 0.15) is 0 Å². The molecule has 25 heavy (non-hydrogen) atoms. The van der Waals surface area contributed by atoms with Gasteiger partial charge in [0, 0.05) is 5.56 Å². The topological polar surface area (TPSA) is 56.5 Å². The summed E-state index contributed by atoms with van der Waals surface area (Å²) in [5.41, 5.74) is 1.37. The van der Waals surface area contributed by atoms with Crippen LogP contribution in [-0.2, 0) is 9.31 Å². The van der Waals surface area contributed by atoms with Crippen LogP contribution in [0.25, 0.3) is 11.3 Å². The van der Waals surface area contributed by atoms with Gasteiger partial charge in [-0.1, -0.05) is 24.3 Å². The maximum Gasteiger partial charge on any atom is 0.494 e. The number of aromatic nitrogens is 1. The van der Waals surface area contributed by atoms with Crippen molar-refractivity contribution in [3.63, 3.8) is 0 Å². The summed E-state index contributed by atoms with van der Waals surface area (Å²) in [4.78, 5) is 4.43. The zero-order chi connectivity index (χ0) is 17.7. The van der Waals surface area contributed by atoms with Gasteiger partial charge in [0.15, 0.2) is 5.76 Å². The first kappa shape index (κ1) is 16.8. The van der Waals surface area contributed by atoms with E-state index in [1.165, 1.54) is 6.42 Å². The molecule has 4 rings (SSSR count). The fraction of sp³-hybridized carbons (Fsp3) is 0.526. The Kier molecular flexibility index (Phi) is 4.02. The summed E-state index contributed by atoms with van der Waals surface area (Å²) in [6.45, 7) is 9.29. The number of benzene rings is 1. The van der Waals surface area contributed by atoms with Crippen molar-refractivity contribution < 1.29 is 13.7 Å². The smallest absolute Gasteiger partial charge is 0.439 e. The number of hydrogen-bond donors (Lipinski definition) is 1. The molecule has 5 nitrogen and oxygen atoms in total. The number of hydrogen-bond acceptors (Lipinski definition) is 5. The van der Waals surface area contributed by atoms with Crippen molar-refractivity contribution in [1.29, 1.82) is 0 Å². The molecule has 0 aliphatic carbocycles. The van der Waals surface area contributed by atoms with Crippen molar-refractivity contribution in [3.05, 3.63) is 36.4 Å². The molecule has 6 heteroatoms. The van der Waals surface area contributed by atoms with E-state index < -0.39 is 0 Å². The molecular weight excluding hydrogens is 315 g/mol. The minimum absolute atomic E-state index is 0.248. The predicted octanol–water partition coefficient (Wildman–Crippen LogP) is 3.07. The van der Waals surface area contributed by atoms with Gasteiger partial charge in [-0.15, -0.1) is 0 Å². The molecule has 0 spiro atoms. The van der Waals surface area contributed by atoms with E-state index in [-0.39, 0.29) is 24.4 Å². The van der Waals surface area contributed by atoms with Crippen LogP contribution in [-0.4, -0.2) is 29.8 Å². The monoisotopic (exact) mass is 340 g/mol. The Morgan fingerprint density at radius 2 is 1.76 bits per heavy atom. The van der Waals surface area contributed by atoms with Crippen LogP contribution in [0.3, 0.4) is 0 Å². The third-order valence-electron chi connectivity index (χ3n) is 5.60. The molecule has 0 amide bonds. The van der Waals surface area contributed by atoms with E-state index in [0.717, 1.165) is 35.6 Å². The Morgan fingerprint density at radius 1 is 1.08 bits per heavy atom. The SMILES string of the molecule is CC1(C)OB(c2ccc(-c3cnc(C4CCCN4)o3)cc2)OC1(C)C. The maximum absolute atomic E-state index is 6.10. The average molecular weight is 340 g/mol. The van der Waals surface area contributed by atoms with E-state index in [9.17, 15) is 0 Å². The number of nitrogens with zero attached hydrogens (tertiary/aromatic N) is 1. The molecule has 0 bridgehead atoms. The molecule has 2 aromatic rings. The van der Waals surface area contributed by atoms with Crippen molar-refractivity contribution in [2.24, 2.45) is 0 Å². The molecule has 1 aromatic carbocycles. The molecule has 1 aromatic heterocycles. The fourth-order valence-corrected chi connectivity index (χ4v) is 3.26. The third-order valence-corrected chi connectivity index (χ3v) is 5.60. The molecule has 2 saturated heterocycles. The van der Waals surface area contributed by atoms with Gasteiger partial charge in [-0.2, -0.15) is 0 Å².